The smallest absolute Gasteiger partial charge is 0.152 e. The Labute approximate surface area is 82.2 Å². The molecule has 0 aromatic heterocycles. The minimum Gasteiger partial charge on any atom is -0.508 e. The lowest BCUT2D eigenvalue weighted by Gasteiger charge is -2.10. The minimum atomic E-state index is -0.660. The van der Waals surface area contributed by atoms with Gasteiger partial charge in [0.05, 0.1) is 0 Å². The molecule has 0 bridgehead atoms. The van der Waals surface area contributed by atoms with E-state index in [2.05, 4.69) is 0 Å². The fraction of sp³-hybridized carbons (Fsp3) is 0.300. The predicted molar refractivity (Wildman–Crippen MR) is 52.1 cm³/mol. The van der Waals surface area contributed by atoms with Crippen LogP contribution in [0.5, 0.6) is 5.75 Å². The summed E-state index contributed by atoms with van der Waals surface area (Å²) in [5.74, 6) is 0.0553. The molecule has 1 rings (SSSR count). The van der Waals surface area contributed by atoms with Gasteiger partial charge in [0.2, 0.25) is 0 Å². The van der Waals surface area contributed by atoms with Crippen LogP contribution in [0.4, 0.5) is 0 Å². The van der Waals surface area contributed by atoms with Crippen LogP contribution in [-0.2, 0) is 4.79 Å². The van der Waals surface area contributed by atoms with Gasteiger partial charge in [-0.2, -0.15) is 0 Å². The van der Waals surface area contributed by atoms with Gasteiger partial charge in [0.25, 0.3) is 0 Å². The Hall–Kier alpha value is -1.02. The van der Waals surface area contributed by atoms with E-state index in [-0.39, 0.29) is 11.5 Å². The van der Waals surface area contributed by atoms with Crippen LogP contribution < -0.4 is 0 Å². The van der Waals surface area contributed by atoms with Gasteiger partial charge in [0.15, 0.2) is 5.78 Å². The molecule has 0 aliphatic heterocycles. The zero-order valence-electron chi connectivity index (χ0n) is 7.54. The number of Topliss-reactive ketones (excluding diaryl/α,β-unsaturated/α-hetero) is 1. The van der Waals surface area contributed by atoms with Gasteiger partial charge in [-0.05, 0) is 31.0 Å². The molecule has 0 heterocycles. The van der Waals surface area contributed by atoms with E-state index in [9.17, 15) is 9.90 Å². The molecule has 70 valence electrons. The zero-order chi connectivity index (χ0) is 10.0. The van der Waals surface area contributed by atoms with Gasteiger partial charge in [0, 0.05) is 0 Å². The van der Waals surface area contributed by atoms with Gasteiger partial charge in [-0.1, -0.05) is 12.1 Å². The van der Waals surface area contributed by atoms with Gasteiger partial charge in [-0.15, -0.1) is 11.6 Å². The van der Waals surface area contributed by atoms with E-state index in [1.807, 2.05) is 0 Å². The summed E-state index contributed by atoms with van der Waals surface area (Å²) in [4.78, 5) is 11.0. The first-order valence-corrected chi connectivity index (χ1v) is 4.40. The first kappa shape index (κ1) is 10.1. The van der Waals surface area contributed by atoms with Crippen molar-refractivity contribution in [1.29, 1.82) is 0 Å². The maximum absolute atomic E-state index is 11.0. The monoisotopic (exact) mass is 198 g/mol. The number of aromatic hydroxyl groups is 1. The molecule has 1 aromatic rings. The van der Waals surface area contributed by atoms with E-state index in [0.29, 0.717) is 11.1 Å². The van der Waals surface area contributed by atoms with Gasteiger partial charge >= 0.3 is 0 Å². The second-order valence-electron chi connectivity index (χ2n) is 2.96. The number of phenols is 1. The number of hydrogen-bond donors (Lipinski definition) is 1. The van der Waals surface area contributed by atoms with Crippen LogP contribution in [0.3, 0.4) is 0 Å². The van der Waals surface area contributed by atoms with Crippen molar-refractivity contribution in [3.8, 4) is 5.75 Å². The summed E-state index contributed by atoms with van der Waals surface area (Å²) in [6.07, 6.45) is 0. The van der Waals surface area contributed by atoms with E-state index in [0.717, 1.165) is 0 Å². The molecule has 0 spiro atoms. The standard InChI is InChI=1S/C10H11ClO2/c1-6-8(10(11)7(2)12)4-3-5-9(6)13/h3-5,10,13H,1-2H3. The molecule has 3 heteroatoms. The van der Waals surface area contributed by atoms with E-state index in [1.165, 1.54) is 6.92 Å². The highest BCUT2D eigenvalue weighted by Crippen LogP contribution is 2.29. The summed E-state index contributed by atoms with van der Waals surface area (Å²) in [7, 11) is 0. The molecule has 0 radical (unpaired) electrons. The SMILES string of the molecule is CC(=O)C(Cl)c1cccc(O)c1C. The Morgan fingerprint density at radius 3 is 2.69 bits per heavy atom. The Balaban J connectivity index is 3.15. The quantitative estimate of drug-likeness (QED) is 0.742. The lowest BCUT2D eigenvalue weighted by Crippen LogP contribution is -2.03. The van der Waals surface area contributed by atoms with Gasteiger partial charge in [-0.25, -0.2) is 0 Å². The Bertz CT molecular complexity index is 334. The summed E-state index contributed by atoms with van der Waals surface area (Å²) in [5, 5.41) is 8.70. The van der Waals surface area contributed by atoms with Crippen LogP contribution in [0.25, 0.3) is 0 Å². The zero-order valence-corrected chi connectivity index (χ0v) is 8.30. The van der Waals surface area contributed by atoms with E-state index < -0.39 is 5.38 Å². The summed E-state index contributed by atoms with van der Waals surface area (Å²) in [5.41, 5.74) is 1.34. The van der Waals surface area contributed by atoms with Gasteiger partial charge in [-0.3, -0.25) is 4.79 Å². The highest BCUT2D eigenvalue weighted by atomic mass is 35.5. The number of ketones is 1. The van der Waals surface area contributed by atoms with Crippen molar-refractivity contribution in [1.82, 2.24) is 0 Å². The largest absolute Gasteiger partial charge is 0.508 e. The number of carbonyl (C=O) groups excluding carboxylic acids is 1. The number of halogens is 1. The number of phenolic OH excluding ortho intramolecular Hbond substituents is 1. The molecule has 0 aliphatic carbocycles. The van der Waals surface area contributed by atoms with Crippen LogP contribution in [0.2, 0.25) is 0 Å². The highest BCUT2D eigenvalue weighted by Gasteiger charge is 2.16. The number of hydrogen-bond acceptors (Lipinski definition) is 2. The molecule has 1 N–H and O–H groups in total. The lowest BCUT2D eigenvalue weighted by atomic mass is 10.0. The number of alkyl halides is 1. The first-order chi connectivity index (χ1) is 6.04. The van der Waals surface area contributed by atoms with E-state index in [1.54, 1.807) is 25.1 Å². The van der Waals surface area contributed by atoms with E-state index in [4.69, 9.17) is 11.6 Å². The number of rotatable bonds is 2. The topological polar surface area (TPSA) is 37.3 Å². The molecular weight excluding hydrogens is 188 g/mol. The molecule has 0 amide bonds. The van der Waals surface area contributed by atoms with Crippen molar-refractivity contribution in [3.05, 3.63) is 29.3 Å². The lowest BCUT2D eigenvalue weighted by molar-refractivity contribution is -0.116. The van der Waals surface area contributed by atoms with Gasteiger partial charge in [0.1, 0.15) is 11.1 Å². The van der Waals surface area contributed by atoms with Crippen molar-refractivity contribution in [3.63, 3.8) is 0 Å². The molecule has 1 aromatic carbocycles. The van der Waals surface area contributed by atoms with Crippen LogP contribution in [0.1, 0.15) is 23.4 Å². The third-order valence-corrected chi connectivity index (χ3v) is 2.52. The van der Waals surface area contributed by atoms with Crippen LogP contribution in [0.15, 0.2) is 18.2 Å². The molecule has 0 aliphatic rings. The van der Waals surface area contributed by atoms with Crippen LogP contribution in [0, 0.1) is 6.92 Å². The molecule has 0 saturated heterocycles. The second-order valence-corrected chi connectivity index (χ2v) is 3.40. The van der Waals surface area contributed by atoms with Crippen molar-refractivity contribution < 1.29 is 9.90 Å². The fourth-order valence-electron chi connectivity index (χ4n) is 1.13. The molecule has 1 atom stereocenters. The van der Waals surface area contributed by atoms with Crippen molar-refractivity contribution >= 4 is 17.4 Å². The van der Waals surface area contributed by atoms with Crippen LogP contribution >= 0.6 is 11.6 Å². The second kappa shape index (κ2) is 3.79. The average Bonchev–Trinajstić information content (AvgIpc) is 2.08. The normalized spacial score (nSPS) is 12.5. The van der Waals surface area contributed by atoms with Crippen molar-refractivity contribution in [2.45, 2.75) is 19.2 Å². The summed E-state index contributed by atoms with van der Waals surface area (Å²) in [6, 6.07) is 4.99. The third-order valence-electron chi connectivity index (χ3n) is 1.98. The van der Waals surface area contributed by atoms with E-state index >= 15 is 0 Å². The Morgan fingerprint density at radius 2 is 2.15 bits per heavy atom. The molecular formula is C10H11ClO2. The number of benzene rings is 1. The highest BCUT2D eigenvalue weighted by molar-refractivity contribution is 6.30. The fourth-order valence-corrected chi connectivity index (χ4v) is 1.37. The molecule has 1 unspecified atom stereocenters. The third kappa shape index (κ3) is 2.01. The summed E-state index contributed by atoms with van der Waals surface area (Å²) >= 11 is 5.86. The first-order valence-electron chi connectivity index (χ1n) is 3.97. The predicted octanol–water partition coefficient (Wildman–Crippen LogP) is 2.57. The molecule has 2 nitrogen and oxygen atoms in total. The number of carbonyl (C=O) groups is 1. The molecule has 0 fully saturated rings. The van der Waals surface area contributed by atoms with Gasteiger partial charge < -0.3 is 5.11 Å². The van der Waals surface area contributed by atoms with Crippen LogP contribution in [-0.4, -0.2) is 10.9 Å². The van der Waals surface area contributed by atoms with Crippen molar-refractivity contribution in [2.75, 3.05) is 0 Å². The Morgan fingerprint density at radius 1 is 1.54 bits per heavy atom. The van der Waals surface area contributed by atoms with Crippen molar-refractivity contribution in [2.24, 2.45) is 0 Å². The summed E-state index contributed by atoms with van der Waals surface area (Å²) in [6.45, 7) is 3.17. The maximum Gasteiger partial charge on any atom is 0.152 e. The molecule has 0 saturated carbocycles. The summed E-state index contributed by atoms with van der Waals surface area (Å²) < 4.78 is 0. The minimum absolute atomic E-state index is 0.115. The maximum atomic E-state index is 11.0. The Kier molecular flexibility index (Phi) is 2.94. The molecule has 13 heavy (non-hydrogen) atoms. The average molecular weight is 199 g/mol.